The Morgan fingerprint density at radius 2 is 1.78 bits per heavy atom. The number of fused-ring (bicyclic) bond motifs is 1. The standard InChI is InChI=1S/C21H20N4O2/c1-21(2,3)15-10-8-14(9-11-15)20-23-18(27-24-20)13-25-17-7-5-4-6-16(17)22-12-19(25)26/h4-12H,13H2,1-3H3. The van der Waals surface area contributed by atoms with E-state index >= 15 is 0 Å². The average Bonchev–Trinajstić information content (AvgIpc) is 3.12. The van der Waals surface area contributed by atoms with Gasteiger partial charge in [-0.2, -0.15) is 4.98 Å². The van der Waals surface area contributed by atoms with E-state index in [1.807, 2.05) is 36.4 Å². The van der Waals surface area contributed by atoms with Crippen LogP contribution in [0.25, 0.3) is 22.4 Å². The van der Waals surface area contributed by atoms with Gasteiger partial charge in [-0.05, 0) is 23.1 Å². The molecule has 0 unspecified atom stereocenters. The minimum Gasteiger partial charge on any atom is -0.337 e. The molecule has 0 saturated carbocycles. The molecule has 0 atom stereocenters. The molecule has 0 radical (unpaired) electrons. The van der Waals surface area contributed by atoms with Crippen LogP contribution in [-0.2, 0) is 12.0 Å². The van der Waals surface area contributed by atoms with Gasteiger partial charge in [-0.1, -0.05) is 62.3 Å². The second kappa shape index (κ2) is 6.46. The number of benzene rings is 2. The van der Waals surface area contributed by atoms with Crippen LogP contribution in [0, 0.1) is 0 Å². The lowest BCUT2D eigenvalue weighted by Crippen LogP contribution is -2.21. The third-order valence-electron chi connectivity index (χ3n) is 4.52. The molecule has 0 aliphatic rings. The fourth-order valence-electron chi connectivity index (χ4n) is 2.97. The van der Waals surface area contributed by atoms with Crippen LogP contribution in [0.2, 0.25) is 0 Å². The third-order valence-corrected chi connectivity index (χ3v) is 4.52. The summed E-state index contributed by atoms with van der Waals surface area (Å²) in [6.45, 7) is 6.72. The first-order chi connectivity index (χ1) is 12.9. The SMILES string of the molecule is CC(C)(C)c1ccc(-c2noc(Cn3c(=O)cnc4ccccc43)n2)cc1. The van der Waals surface area contributed by atoms with Crippen LogP contribution in [0.3, 0.4) is 0 Å². The van der Waals surface area contributed by atoms with Crippen LogP contribution in [0.15, 0.2) is 64.0 Å². The van der Waals surface area contributed by atoms with E-state index in [4.69, 9.17) is 4.52 Å². The first-order valence-electron chi connectivity index (χ1n) is 8.80. The van der Waals surface area contributed by atoms with Crippen LogP contribution in [-0.4, -0.2) is 19.7 Å². The van der Waals surface area contributed by atoms with Crippen molar-refractivity contribution < 1.29 is 4.52 Å². The zero-order valence-electron chi connectivity index (χ0n) is 15.5. The van der Waals surface area contributed by atoms with Crippen molar-refractivity contribution in [3.8, 4) is 11.4 Å². The van der Waals surface area contributed by atoms with Crippen LogP contribution >= 0.6 is 0 Å². The van der Waals surface area contributed by atoms with Crippen LogP contribution in [0.1, 0.15) is 32.2 Å². The zero-order chi connectivity index (χ0) is 19.0. The Bertz CT molecular complexity index is 1150. The van der Waals surface area contributed by atoms with Gasteiger partial charge in [0.05, 0.1) is 17.2 Å². The monoisotopic (exact) mass is 360 g/mol. The highest BCUT2D eigenvalue weighted by Gasteiger charge is 2.15. The quantitative estimate of drug-likeness (QED) is 0.556. The Hall–Kier alpha value is -3.28. The van der Waals surface area contributed by atoms with Crippen molar-refractivity contribution in [2.45, 2.75) is 32.7 Å². The van der Waals surface area contributed by atoms with Gasteiger partial charge in [0.25, 0.3) is 5.56 Å². The molecule has 0 saturated heterocycles. The molecule has 6 nitrogen and oxygen atoms in total. The fourth-order valence-corrected chi connectivity index (χ4v) is 2.97. The van der Waals surface area contributed by atoms with Crippen molar-refractivity contribution in [1.29, 1.82) is 0 Å². The summed E-state index contributed by atoms with van der Waals surface area (Å²) in [5.41, 5.74) is 3.48. The van der Waals surface area contributed by atoms with E-state index in [1.54, 1.807) is 4.57 Å². The van der Waals surface area contributed by atoms with Gasteiger partial charge < -0.3 is 4.52 Å². The summed E-state index contributed by atoms with van der Waals surface area (Å²) < 4.78 is 6.97. The lowest BCUT2D eigenvalue weighted by molar-refractivity contribution is 0.371. The molecule has 0 bridgehead atoms. The summed E-state index contributed by atoms with van der Waals surface area (Å²) in [4.78, 5) is 20.9. The van der Waals surface area contributed by atoms with E-state index in [0.717, 1.165) is 16.6 Å². The Labute approximate surface area is 156 Å². The molecular formula is C21H20N4O2. The fraction of sp³-hybridized carbons (Fsp3) is 0.238. The molecule has 27 heavy (non-hydrogen) atoms. The number of hydrogen-bond donors (Lipinski definition) is 0. The molecule has 136 valence electrons. The maximum atomic E-state index is 12.3. The van der Waals surface area contributed by atoms with Gasteiger partial charge >= 0.3 is 0 Å². The number of nitrogens with zero attached hydrogens (tertiary/aromatic N) is 4. The number of para-hydroxylation sites is 2. The molecule has 6 heteroatoms. The van der Waals surface area contributed by atoms with Crippen molar-refractivity contribution in [3.63, 3.8) is 0 Å². The highest BCUT2D eigenvalue weighted by atomic mass is 16.5. The first kappa shape index (κ1) is 17.1. The van der Waals surface area contributed by atoms with Crippen LogP contribution in [0.4, 0.5) is 0 Å². The lowest BCUT2D eigenvalue weighted by Gasteiger charge is -2.18. The molecule has 0 aliphatic carbocycles. The summed E-state index contributed by atoms with van der Waals surface area (Å²) in [6, 6.07) is 15.6. The van der Waals surface area contributed by atoms with Crippen molar-refractivity contribution in [1.82, 2.24) is 19.7 Å². The molecule has 2 aromatic carbocycles. The Morgan fingerprint density at radius 3 is 2.52 bits per heavy atom. The molecule has 4 rings (SSSR count). The van der Waals surface area contributed by atoms with Crippen molar-refractivity contribution in [3.05, 3.63) is 76.5 Å². The van der Waals surface area contributed by atoms with Crippen LogP contribution < -0.4 is 5.56 Å². The van der Waals surface area contributed by atoms with E-state index in [-0.39, 0.29) is 17.5 Å². The van der Waals surface area contributed by atoms with Crippen molar-refractivity contribution in [2.24, 2.45) is 0 Å². The molecule has 4 aromatic rings. The molecule has 0 amide bonds. The van der Waals surface area contributed by atoms with Crippen molar-refractivity contribution >= 4 is 11.0 Å². The largest absolute Gasteiger partial charge is 0.337 e. The molecule has 0 fully saturated rings. The maximum Gasteiger partial charge on any atom is 0.269 e. The molecule has 2 aromatic heterocycles. The number of rotatable bonds is 3. The normalized spacial score (nSPS) is 11.8. The van der Waals surface area contributed by atoms with Crippen molar-refractivity contribution in [2.75, 3.05) is 0 Å². The second-order valence-corrected chi connectivity index (χ2v) is 7.51. The minimum atomic E-state index is -0.206. The summed E-state index contributed by atoms with van der Waals surface area (Å²) in [6.07, 6.45) is 1.31. The predicted molar refractivity (Wildman–Crippen MR) is 104 cm³/mol. The lowest BCUT2D eigenvalue weighted by atomic mass is 9.87. The maximum absolute atomic E-state index is 12.3. The van der Waals surface area contributed by atoms with Gasteiger partial charge in [0.1, 0.15) is 6.54 Å². The smallest absolute Gasteiger partial charge is 0.269 e. The minimum absolute atomic E-state index is 0.0878. The first-order valence-corrected chi connectivity index (χ1v) is 8.80. The molecule has 0 aliphatic heterocycles. The van der Waals surface area contributed by atoms with E-state index < -0.39 is 0 Å². The van der Waals surface area contributed by atoms with E-state index in [9.17, 15) is 4.79 Å². The highest BCUT2D eigenvalue weighted by Crippen LogP contribution is 2.25. The van der Waals surface area contributed by atoms with Gasteiger partial charge in [-0.25, -0.2) is 4.98 Å². The third kappa shape index (κ3) is 3.38. The van der Waals surface area contributed by atoms with E-state index in [0.29, 0.717) is 11.7 Å². The zero-order valence-corrected chi connectivity index (χ0v) is 15.5. The van der Waals surface area contributed by atoms with Gasteiger partial charge in [0, 0.05) is 5.56 Å². The molecule has 0 N–H and O–H groups in total. The Morgan fingerprint density at radius 1 is 1.04 bits per heavy atom. The molecular weight excluding hydrogens is 340 g/mol. The van der Waals surface area contributed by atoms with E-state index in [2.05, 4.69) is 48.0 Å². The summed E-state index contributed by atoms with van der Waals surface area (Å²) in [5, 5.41) is 4.07. The summed E-state index contributed by atoms with van der Waals surface area (Å²) in [7, 11) is 0. The summed E-state index contributed by atoms with van der Waals surface area (Å²) >= 11 is 0. The molecule has 0 spiro atoms. The Kier molecular flexibility index (Phi) is 4.11. The number of hydrogen-bond acceptors (Lipinski definition) is 5. The topological polar surface area (TPSA) is 73.8 Å². The predicted octanol–water partition coefficient (Wildman–Crippen LogP) is 3.79. The second-order valence-electron chi connectivity index (χ2n) is 7.51. The highest BCUT2D eigenvalue weighted by molar-refractivity contribution is 5.74. The summed E-state index contributed by atoms with van der Waals surface area (Å²) in [5.74, 6) is 0.889. The van der Waals surface area contributed by atoms with E-state index in [1.165, 1.54) is 11.8 Å². The Balaban J connectivity index is 1.64. The molecule has 2 heterocycles. The van der Waals surface area contributed by atoms with Gasteiger partial charge in [-0.15, -0.1) is 0 Å². The van der Waals surface area contributed by atoms with Gasteiger partial charge in [-0.3, -0.25) is 9.36 Å². The van der Waals surface area contributed by atoms with Gasteiger partial charge in [0.15, 0.2) is 0 Å². The number of aromatic nitrogens is 4. The average molecular weight is 360 g/mol. The van der Waals surface area contributed by atoms with Crippen LogP contribution in [0.5, 0.6) is 0 Å². The van der Waals surface area contributed by atoms with Gasteiger partial charge in [0.2, 0.25) is 11.7 Å².